The maximum Gasteiger partial charge on any atom is 0.140 e. The maximum atomic E-state index is 14.1. The third kappa shape index (κ3) is 8.23. The van der Waals surface area contributed by atoms with E-state index >= 15 is 0 Å². The second kappa shape index (κ2) is 14.2. The molecule has 0 unspecified atom stereocenters. The summed E-state index contributed by atoms with van der Waals surface area (Å²) in [4.78, 5) is 9.23. The number of hydrogen-bond acceptors (Lipinski definition) is 3. The van der Waals surface area contributed by atoms with Crippen molar-refractivity contribution >= 4 is 44.8 Å². The van der Waals surface area contributed by atoms with Crippen molar-refractivity contribution in [2.24, 2.45) is 5.41 Å². The number of rotatable bonds is 5. The molecule has 3 heterocycles. The molecule has 235 valence electrons. The topological polar surface area (TPSA) is 25.8 Å². The molecule has 6 rings (SSSR count). The van der Waals surface area contributed by atoms with Crippen LogP contribution in [0.5, 0.6) is 0 Å². The van der Waals surface area contributed by atoms with Crippen molar-refractivity contribution in [1.29, 1.82) is 0 Å². The van der Waals surface area contributed by atoms with Gasteiger partial charge >= 0.3 is 0 Å². The quantitative estimate of drug-likeness (QED) is 0.128. The molecule has 0 spiro atoms. The Morgan fingerprint density at radius 3 is 2.27 bits per heavy atom. The Morgan fingerprint density at radius 2 is 1.60 bits per heavy atom. The summed E-state index contributed by atoms with van der Waals surface area (Å²) in [5.41, 5.74) is 6.95. The number of thiophene rings is 1. The molecule has 3 aromatic carbocycles. The van der Waals surface area contributed by atoms with Crippen LogP contribution < -0.4 is 5.19 Å². The van der Waals surface area contributed by atoms with Crippen molar-refractivity contribution in [2.75, 3.05) is 0 Å². The van der Waals surface area contributed by atoms with E-state index < -0.39 is 8.07 Å². The number of fused-ring (bicyclic) bond motifs is 3. The molecule has 6 aromatic rings. The molecule has 1 radical (unpaired) electrons. The van der Waals surface area contributed by atoms with Crippen molar-refractivity contribution in [3.8, 4) is 22.5 Å². The number of benzene rings is 3. The first-order valence-electron chi connectivity index (χ1n) is 15.3. The van der Waals surface area contributed by atoms with Gasteiger partial charge in [0.25, 0.3) is 0 Å². The zero-order valence-corrected chi connectivity index (χ0v) is 31.6. The molecule has 0 aliphatic rings. The fourth-order valence-electron chi connectivity index (χ4n) is 5.45. The summed E-state index contributed by atoms with van der Waals surface area (Å²) < 4.78 is 15.9. The molecular weight excluding hydrogens is 768 g/mol. The predicted octanol–water partition coefficient (Wildman–Crippen LogP) is 10.9. The number of hydrogen-bond donors (Lipinski definition) is 0. The summed E-state index contributed by atoms with van der Waals surface area (Å²) in [5.74, 6) is 0.273. The SMILES string of the molecule is CC(C)(C)Cc1cc(-c2[c-]cccc2)ncc1[Si](C)(C)C.CC(C)c1ccnc(-c2[c-]ccc3c2sc2c(F)cccc23)c1.[Ir]. The van der Waals surface area contributed by atoms with E-state index in [2.05, 4.69) is 95.8 Å². The number of halogens is 1. The Bertz CT molecular complexity index is 1900. The van der Waals surface area contributed by atoms with Gasteiger partial charge in [-0.05, 0) is 56.5 Å². The fraction of sp³-hybridized carbons (Fsp3) is 0.282. The molecule has 0 saturated carbocycles. The second-order valence-electron chi connectivity index (χ2n) is 13.9. The van der Waals surface area contributed by atoms with Gasteiger partial charge in [0.1, 0.15) is 5.82 Å². The van der Waals surface area contributed by atoms with Crippen LogP contribution in [0.4, 0.5) is 4.39 Å². The van der Waals surface area contributed by atoms with E-state index in [1.807, 2.05) is 48.7 Å². The third-order valence-corrected chi connectivity index (χ3v) is 10.9. The smallest absolute Gasteiger partial charge is 0.140 e. The Kier molecular flexibility index (Phi) is 11.0. The van der Waals surface area contributed by atoms with E-state index in [4.69, 9.17) is 4.98 Å². The minimum Gasteiger partial charge on any atom is -0.305 e. The van der Waals surface area contributed by atoms with Gasteiger partial charge < -0.3 is 9.97 Å². The summed E-state index contributed by atoms with van der Waals surface area (Å²) in [6.07, 6.45) is 5.05. The first kappa shape index (κ1) is 34.8. The van der Waals surface area contributed by atoms with Gasteiger partial charge in [0.15, 0.2) is 0 Å². The van der Waals surface area contributed by atoms with E-state index in [-0.39, 0.29) is 31.3 Å². The van der Waals surface area contributed by atoms with Crippen molar-refractivity contribution < 1.29 is 24.5 Å². The molecule has 0 bridgehead atoms. The van der Waals surface area contributed by atoms with E-state index in [1.165, 1.54) is 33.7 Å². The molecule has 0 N–H and O–H groups in total. The summed E-state index contributed by atoms with van der Waals surface area (Å²) in [5, 5.41) is 3.51. The van der Waals surface area contributed by atoms with Crippen molar-refractivity contribution in [1.82, 2.24) is 9.97 Å². The monoisotopic (exact) mass is 809 g/mol. The molecule has 0 saturated heterocycles. The molecule has 45 heavy (non-hydrogen) atoms. The first-order chi connectivity index (χ1) is 20.8. The van der Waals surface area contributed by atoms with Crippen LogP contribution in [0.15, 0.2) is 85.2 Å². The van der Waals surface area contributed by atoms with E-state index in [9.17, 15) is 4.39 Å². The van der Waals surface area contributed by atoms with Crippen LogP contribution in [-0.2, 0) is 26.5 Å². The van der Waals surface area contributed by atoms with Crippen LogP contribution in [-0.4, -0.2) is 18.0 Å². The van der Waals surface area contributed by atoms with Crippen molar-refractivity contribution in [3.05, 3.63) is 114 Å². The molecule has 6 heteroatoms. The molecule has 3 aromatic heterocycles. The Hall–Kier alpha value is -3.02. The van der Waals surface area contributed by atoms with Crippen LogP contribution in [0.2, 0.25) is 19.6 Å². The predicted molar refractivity (Wildman–Crippen MR) is 190 cm³/mol. The maximum absolute atomic E-state index is 14.1. The van der Waals surface area contributed by atoms with Gasteiger partial charge in [-0.25, -0.2) is 4.39 Å². The first-order valence-corrected chi connectivity index (χ1v) is 19.6. The van der Waals surface area contributed by atoms with Gasteiger partial charge in [-0.3, -0.25) is 0 Å². The molecule has 0 atom stereocenters. The molecule has 0 aliphatic heterocycles. The molecule has 0 fully saturated rings. The van der Waals surface area contributed by atoms with Crippen LogP contribution in [0.1, 0.15) is 51.7 Å². The zero-order valence-electron chi connectivity index (χ0n) is 27.4. The van der Waals surface area contributed by atoms with Gasteiger partial charge in [-0.15, -0.1) is 59.7 Å². The van der Waals surface area contributed by atoms with Gasteiger partial charge in [0, 0.05) is 32.5 Å². The van der Waals surface area contributed by atoms with E-state index in [0.717, 1.165) is 44.4 Å². The standard InChI is InChI=1S/C20H15FNS.C19H26NSi.Ir/c1-12(2)13-9-10-22-18(11-13)16-7-3-5-14-15-6-4-8-17(21)20(15)23-19(14)16;1-19(2,3)13-16-12-17(15-10-8-7-9-11-15)20-14-18(16)21(4,5)6;/h3-6,8-12H,1-2H3;7-10,12,14H,13H2,1-6H3;/q2*-1;. The fourth-order valence-corrected chi connectivity index (χ4v) is 8.24. The van der Waals surface area contributed by atoms with Crippen LogP contribution in [0.3, 0.4) is 0 Å². The molecule has 0 amide bonds. The molecule has 0 aliphatic carbocycles. The van der Waals surface area contributed by atoms with Crippen molar-refractivity contribution in [3.63, 3.8) is 0 Å². The average Bonchev–Trinajstić information content (AvgIpc) is 3.37. The normalized spacial score (nSPS) is 11.8. The summed E-state index contributed by atoms with van der Waals surface area (Å²) >= 11 is 1.48. The summed E-state index contributed by atoms with van der Waals surface area (Å²) in [6.45, 7) is 18.4. The number of pyridine rings is 2. The average molecular weight is 809 g/mol. The van der Waals surface area contributed by atoms with Crippen LogP contribution in [0, 0.1) is 23.4 Å². The number of nitrogens with zero attached hydrogens (tertiary/aromatic N) is 2. The minimum absolute atomic E-state index is 0. The Balaban J connectivity index is 0.000000201. The third-order valence-electron chi connectivity index (χ3n) is 7.62. The van der Waals surface area contributed by atoms with Gasteiger partial charge in [0.2, 0.25) is 0 Å². The summed E-state index contributed by atoms with van der Waals surface area (Å²) in [6, 6.07) is 30.2. The van der Waals surface area contributed by atoms with Crippen LogP contribution in [0.25, 0.3) is 42.7 Å². The molecule has 2 nitrogen and oxygen atoms in total. The van der Waals surface area contributed by atoms with Gasteiger partial charge in [-0.1, -0.05) is 95.0 Å². The number of aromatic nitrogens is 2. The largest absolute Gasteiger partial charge is 0.305 e. The zero-order chi connectivity index (χ0) is 31.6. The Morgan fingerprint density at radius 1 is 0.844 bits per heavy atom. The van der Waals surface area contributed by atoms with Crippen molar-refractivity contribution in [2.45, 2.75) is 66.6 Å². The summed E-state index contributed by atoms with van der Waals surface area (Å²) in [7, 11) is -1.37. The Labute approximate surface area is 286 Å². The molecular formula is C39H41FIrN2SSi-2. The second-order valence-corrected chi connectivity index (χ2v) is 20.0. The van der Waals surface area contributed by atoms with E-state index in [1.54, 1.807) is 6.07 Å². The van der Waals surface area contributed by atoms with Gasteiger partial charge in [-0.2, -0.15) is 11.3 Å². The van der Waals surface area contributed by atoms with Gasteiger partial charge in [0.05, 0.1) is 12.8 Å². The van der Waals surface area contributed by atoms with E-state index in [0.29, 0.717) is 10.6 Å². The van der Waals surface area contributed by atoms with Crippen LogP contribution >= 0.6 is 11.3 Å². The minimum atomic E-state index is -1.37.